The van der Waals surface area contributed by atoms with Gasteiger partial charge in [-0.2, -0.15) is 0 Å². The number of rotatable bonds is 6. The maximum absolute atomic E-state index is 10.8. The van der Waals surface area contributed by atoms with Crippen LogP contribution in [0, 0.1) is 17.0 Å². The van der Waals surface area contributed by atoms with Gasteiger partial charge in [-0.05, 0) is 31.5 Å². The molecule has 1 aromatic rings. The second-order valence-corrected chi connectivity index (χ2v) is 5.05. The van der Waals surface area contributed by atoms with Gasteiger partial charge in [0.25, 0.3) is 5.69 Å². The highest BCUT2D eigenvalue weighted by atomic mass is 16.6. The molecule has 1 aliphatic heterocycles. The van der Waals surface area contributed by atoms with E-state index in [1.807, 2.05) is 13.0 Å². The molecule has 2 rings (SSSR count). The lowest BCUT2D eigenvalue weighted by Crippen LogP contribution is -2.37. The smallest absolute Gasteiger partial charge is 0.271 e. The lowest BCUT2D eigenvalue weighted by Gasteiger charge is -2.26. The van der Waals surface area contributed by atoms with Crippen LogP contribution in [0.4, 0.5) is 11.4 Å². The average molecular weight is 279 g/mol. The molecule has 1 aromatic carbocycles. The summed E-state index contributed by atoms with van der Waals surface area (Å²) in [5.74, 6) is 0. The third-order valence-electron chi connectivity index (χ3n) is 3.36. The molecular weight excluding hydrogens is 258 g/mol. The predicted molar refractivity (Wildman–Crippen MR) is 78.2 cm³/mol. The van der Waals surface area contributed by atoms with Crippen molar-refractivity contribution < 1.29 is 9.66 Å². The van der Waals surface area contributed by atoms with E-state index in [2.05, 4.69) is 10.2 Å². The van der Waals surface area contributed by atoms with Crippen LogP contribution in [0.25, 0.3) is 0 Å². The first-order valence-electron chi connectivity index (χ1n) is 6.95. The highest BCUT2D eigenvalue weighted by Gasteiger charge is 2.10. The maximum Gasteiger partial charge on any atom is 0.271 e. The molecule has 0 amide bonds. The van der Waals surface area contributed by atoms with Gasteiger partial charge in [0, 0.05) is 37.5 Å². The molecule has 1 saturated heterocycles. The molecule has 1 fully saturated rings. The Morgan fingerprint density at radius 2 is 2.10 bits per heavy atom. The van der Waals surface area contributed by atoms with Crippen LogP contribution in [-0.4, -0.2) is 49.2 Å². The standard InChI is InChI=1S/C14H21N3O3/c1-12-9-13(11-14(10-12)17(18)19)15-3-2-4-16-5-7-20-8-6-16/h9-11,15H,2-8H2,1H3. The zero-order chi connectivity index (χ0) is 14.4. The van der Waals surface area contributed by atoms with Crippen molar-refractivity contribution >= 4 is 11.4 Å². The SMILES string of the molecule is Cc1cc(NCCCN2CCOCC2)cc([N+](=O)[O-])c1. The highest BCUT2D eigenvalue weighted by molar-refractivity contribution is 5.53. The molecule has 110 valence electrons. The van der Waals surface area contributed by atoms with Crippen molar-refractivity contribution in [1.82, 2.24) is 4.90 Å². The predicted octanol–water partition coefficient (Wildman–Crippen LogP) is 2.04. The van der Waals surface area contributed by atoms with Crippen molar-refractivity contribution in [3.05, 3.63) is 33.9 Å². The molecule has 1 aliphatic rings. The second-order valence-electron chi connectivity index (χ2n) is 5.05. The first-order valence-corrected chi connectivity index (χ1v) is 6.95. The molecule has 6 heteroatoms. The molecule has 6 nitrogen and oxygen atoms in total. The van der Waals surface area contributed by atoms with E-state index in [0.717, 1.165) is 57.1 Å². The Labute approximate surface area is 118 Å². The Hall–Kier alpha value is -1.66. The van der Waals surface area contributed by atoms with Gasteiger partial charge in [-0.3, -0.25) is 15.0 Å². The van der Waals surface area contributed by atoms with Crippen LogP contribution in [0.15, 0.2) is 18.2 Å². The van der Waals surface area contributed by atoms with Crippen LogP contribution in [-0.2, 0) is 4.74 Å². The van der Waals surface area contributed by atoms with Crippen molar-refractivity contribution in [3.8, 4) is 0 Å². The van der Waals surface area contributed by atoms with E-state index in [0.29, 0.717) is 0 Å². The number of non-ortho nitro benzene ring substituents is 1. The monoisotopic (exact) mass is 279 g/mol. The number of hydrogen-bond acceptors (Lipinski definition) is 5. The third-order valence-corrected chi connectivity index (χ3v) is 3.36. The molecule has 0 saturated carbocycles. The fraction of sp³-hybridized carbons (Fsp3) is 0.571. The van der Waals surface area contributed by atoms with E-state index in [4.69, 9.17) is 4.74 Å². The minimum atomic E-state index is -0.355. The average Bonchev–Trinajstić information content (AvgIpc) is 2.44. The molecular formula is C14H21N3O3. The number of nitro groups is 1. The number of benzene rings is 1. The third kappa shape index (κ3) is 4.47. The van der Waals surface area contributed by atoms with Crippen LogP contribution in [0.5, 0.6) is 0 Å². The zero-order valence-electron chi connectivity index (χ0n) is 11.8. The summed E-state index contributed by atoms with van der Waals surface area (Å²) in [6.45, 7) is 7.34. The van der Waals surface area contributed by atoms with Crippen LogP contribution in [0.3, 0.4) is 0 Å². The van der Waals surface area contributed by atoms with Crippen LogP contribution in [0.2, 0.25) is 0 Å². The fourth-order valence-electron chi connectivity index (χ4n) is 2.33. The molecule has 0 unspecified atom stereocenters. The van der Waals surface area contributed by atoms with Gasteiger partial charge in [-0.15, -0.1) is 0 Å². The lowest BCUT2D eigenvalue weighted by atomic mass is 10.2. The summed E-state index contributed by atoms with van der Waals surface area (Å²) in [6, 6.07) is 5.10. The van der Waals surface area contributed by atoms with E-state index in [1.165, 1.54) is 0 Å². The number of ether oxygens (including phenoxy) is 1. The normalized spacial score (nSPS) is 16.1. The van der Waals surface area contributed by atoms with Gasteiger partial charge in [0.15, 0.2) is 0 Å². The van der Waals surface area contributed by atoms with E-state index in [9.17, 15) is 10.1 Å². The number of nitrogens with one attached hydrogen (secondary N) is 1. The number of anilines is 1. The Morgan fingerprint density at radius 1 is 1.35 bits per heavy atom. The number of hydrogen-bond donors (Lipinski definition) is 1. The van der Waals surface area contributed by atoms with Crippen molar-refractivity contribution in [2.45, 2.75) is 13.3 Å². The topological polar surface area (TPSA) is 67.6 Å². The van der Waals surface area contributed by atoms with Gasteiger partial charge < -0.3 is 10.1 Å². The van der Waals surface area contributed by atoms with Crippen molar-refractivity contribution in [3.63, 3.8) is 0 Å². The fourth-order valence-corrected chi connectivity index (χ4v) is 2.33. The van der Waals surface area contributed by atoms with E-state index >= 15 is 0 Å². The number of morpholine rings is 1. The zero-order valence-corrected chi connectivity index (χ0v) is 11.8. The van der Waals surface area contributed by atoms with E-state index < -0.39 is 0 Å². The molecule has 0 atom stereocenters. The summed E-state index contributed by atoms with van der Waals surface area (Å²) in [7, 11) is 0. The maximum atomic E-state index is 10.8. The highest BCUT2D eigenvalue weighted by Crippen LogP contribution is 2.20. The lowest BCUT2D eigenvalue weighted by molar-refractivity contribution is -0.384. The summed E-state index contributed by atoms with van der Waals surface area (Å²) in [6.07, 6.45) is 1.02. The van der Waals surface area contributed by atoms with Gasteiger partial charge in [0.1, 0.15) is 0 Å². The van der Waals surface area contributed by atoms with E-state index in [-0.39, 0.29) is 10.6 Å². The molecule has 1 heterocycles. The molecule has 0 bridgehead atoms. The van der Waals surface area contributed by atoms with Gasteiger partial charge >= 0.3 is 0 Å². The van der Waals surface area contributed by atoms with Crippen LogP contribution in [0.1, 0.15) is 12.0 Å². The Balaban J connectivity index is 1.77. The van der Waals surface area contributed by atoms with E-state index in [1.54, 1.807) is 12.1 Å². The van der Waals surface area contributed by atoms with Gasteiger partial charge in [-0.1, -0.05) is 0 Å². The summed E-state index contributed by atoms with van der Waals surface area (Å²) >= 11 is 0. The van der Waals surface area contributed by atoms with Crippen LogP contribution >= 0.6 is 0 Å². The number of aryl methyl sites for hydroxylation is 1. The molecule has 20 heavy (non-hydrogen) atoms. The first kappa shape index (κ1) is 14.7. The first-order chi connectivity index (χ1) is 9.65. The van der Waals surface area contributed by atoms with Gasteiger partial charge in [0.05, 0.1) is 18.1 Å². The summed E-state index contributed by atoms with van der Waals surface area (Å²) in [5.41, 5.74) is 1.86. The molecule has 0 spiro atoms. The largest absolute Gasteiger partial charge is 0.385 e. The summed E-state index contributed by atoms with van der Waals surface area (Å²) < 4.78 is 5.30. The van der Waals surface area contributed by atoms with Crippen molar-refractivity contribution in [2.75, 3.05) is 44.7 Å². The minimum Gasteiger partial charge on any atom is -0.385 e. The summed E-state index contributed by atoms with van der Waals surface area (Å²) in [4.78, 5) is 12.8. The van der Waals surface area contributed by atoms with Gasteiger partial charge in [0.2, 0.25) is 0 Å². The molecule has 0 radical (unpaired) electrons. The molecule has 0 aromatic heterocycles. The summed E-state index contributed by atoms with van der Waals surface area (Å²) in [5, 5.41) is 14.1. The van der Waals surface area contributed by atoms with Crippen molar-refractivity contribution in [1.29, 1.82) is 0 Å². The molecule has 1 N–H and O–H groups in total. The quantitative estimate of drug-likeness (QED) is 0.490. The van der Waals surface area contributed by atoms with Crippen LogP contribution < -0.4 is 5.32 Å². The van der Waals surface area contributed by atoms with Gasteiger partial charge in [-0.25, -0.2) is 0 Å². The molecule has 0 aliphatic carbocycles. The Morgan fingerprint density at radius 3 is 2.80 bits per heavy atom. The number of nitro benzene ring substituents is 1. The second kappa shape index (κ2) is 7.21. The Bertz CT molecular complexity index is 459. The minimum absolute atomic E-state index is 0.140. The number of nitrogens with zero attached hydrogens (tertiary/aromatic N) is 2. The van der Waals surface area contributed by atoms with Crippen molar-refractivity contribution in [2.24, 2.45) is 0 Å². The Kier molecular flexibility index (Phi) is 5.31.